The summed E-state index contributed by atoms with van der Waals surface area (Å²) in [6.45, 7) is 0. The maximum absolute atomic E-state index is 11.7. The number of hydrogen-bond donors (Lipinski definition) is 0. The average molecular weight is 203 g/mol. The van der Waals surface area contributed by atoms with E-state index in [1.807, 2.05) is 6.07 Å². The van der Waals surface area contributed by atoms with E-state index in [2.05, 4.69) is 0 Å². The Labute approximate surface area is 89.0 Å². The van der Waals surface area contributed by atoms with Crippen molar-refractivity contribution < 1.29 is 9.59 Å². The number of allylic oxidation sites excluding steroid dienone is 1. The highest BCUT2D eigenvalue weighted by Crippen LogP contribution is 2.12. The van der Waals surface area contributed by atoms with E-state index in [0.29, 0.717) is 11.8 Å². The molecule has 0 unspecified atom stereocenters. The number of nitrogens with zero attached hydrogens (tertiary/aromatic N) is 1. The van der Waals surface area contributed by atoms with Crippen molar-refractivity contribution in [3.63, 3.8) is 0 Å². The van der Waals surface area contributed by atoms with Crippen LogP contribution in [0.25, 0.3) is 6.08 Å². The summed E-state index contributed by atoms with van der Waals surface area (Å²) in [4.78, 5) is 23.5. The van der Waals surface area contributed by atoms with E-state index in [1.54, 1.807) is 38.4 Å². The summed E-state index contributed by atoms with van der Waals surface area (Å²) in [7, 11) is 3.39. The Morgan fingerprint density at radius 1 is 1.27 bits per heavy atom. The predicted molar refractivity (Wildman–Crippen MR) is 59.6 cm³/mol. The molecule has 3 heteroatoms. The first kappa shape index (κ1) is 11.2. The Morgan fingerprint density at radius 2 is 1.93 bits per heavy atom. The predicted octanol–water partition coefficient (Wildman–Crippen LogP) is 1.60. The lowest BCUT2D eigenvalue weighted by Crippen LogP contribution is -2.22. The smallest absolute Gasteiger partial charge is 0.253 e. The van der Waals surface area contributed by atoms with Crippen LogP contribution in [0, 0.1) is 0 Å². The molecule has 3 nitrogen and oxygen atoms in total. The molecule has 15 heavy (non-hydrogen) atoms. The molecule has 0 N–H and O–H groups in total. The van der Waals surface area contributed by atoms with Gasteiger partial charge >= 0.3 is 0 Å². The molecule has 0 spiro atoms. The normalized spacial score (nSPS) is 10.3. The highest BCUT2D eigenvalue weighted by molar-refractivity contribution is 5.98. The molecular formula is C12H13NO2. The topological polar surface area (TPSA) is 37.4 Å². The first-order valence-electron chi connectivity index (χ1n) is 4.59. The van der Waals surface area contributed by atoms with Gasteiger partial charge in [-0.05, 0) is 17.7 Å². The highest BCUT2D eigenvalue weighted by atomic mass is 16.2. The van der Waals surface area contributed by atoms with Crippen LogP contribution in [0.1, 0.15) is 15.9 Å². The summed E-state index contributed by atoms with van der Waals surface area (Å²) in [5.41, 5.74) is 1.35. The Hall–Kier alpha value is -1.90. The molecule has 0 aliphatic heterocycles. The molecule has 0 aromatic heterocycles. The van der Waals surface area contributed by atoms with E-state index < -0.39 is 0 Å². The summed E-state index contributed by atoms with van der Waals surface area (Å²) in [5, 5.41) is 0. The van der Waals surface area contributed by atoms with Gasteiger partial charge in [0.1, 0.15) is 6.29 Å². The van der Waals surface area contributed by atoms with Gasteiger partial charge in [-0.2, -0.15) is 0 Å². The molecule has 78 valence electrons. The molecule has 0 atom stereocenters. The third kappa shape index (κ3) is 2.77. The van der Waals surface area contributed by atoms with Gasteiger partial charge in [0.25, 0.3) is 5.91 Å². The van der Waals surface area contributed by atoms with Gasteiger partial charge in [0.15, 0.2) is 0 Å². The maximum atomic E-state index is 11.7. The molecule has 1 aromatic carbocycles. The molecule has 0 radical (unpaired) electrons. The lowest BCUT2D eigenvalue weighted by atomic mass is 10.1. The number of amides is 1. The van der Waals surface area contributed by atoms with Gasteiger partial charge in [-0.1, -0.05) is 24.3 Å². The lowest BCUT2D eigenvalue weighted by Gasteiger charge is -2.11. The lowest BCUT2D eigenvalue weighted by molar-refractivity contribution is -0.104. The second-order valence-electron chi connectivity index (χ2n) is 3.28. The molecule has 0 bridgehead atoms. The highest BCUT2D eigenvalue weighted by Gasteiger charge is 2.10. The molecule has 0 aliphatic rings. The van der Waals surface area contributed by atoms with Crippen molar-refractivity contribution >= 4 is 18.3 Å². The van der Waals surface area contributed by atoms with Crippen molar-refractivity contribution in [3.8, 4) is 0 Å². The minimum atomic E-state index is -0.0684. The fourth-order valence-corrected chi connectivity index (χ4v) is 1.22. The molecule has 0 fully saturated rings. The Morgan fingerprint density at radius 3 is 2.53 bits per heavy atom. The van der Waals surface area contributed by atoms with E-state index >= 15 is 0 Å². The van der Waals surface area contributed by atoms with Gasteiger partial charge in [0, 0.05) is 19.7 Å². The summed E-state index contributed by atoms with van der Waals surface area (Å²) in [6, 6.07) is 7.18. The molecule has 0 aliphatic carbocycles. The van der Waals surface area contributed by atoms with E-state index in [4.69, 9.17) is 0 Å². The molecular weight excluding hydrogens is 190 g/mol. The van der Waals surface area contributed by atoms with Crippen molar-refractivity contribution in [1.82, 2.24) is 4.90 Å². The maximum Gasteiger partial charge on any atom is 0.253 e. The summed E-state index contributed by atoms with van der Waals surface area (Å²) < 4.78 is 0. The molecule has 0 saturated carbocycles. The van der Waals surface area contributed by atoms with E-state index in [1.165, 1.54) is 11.0 Å². The number of rotatable bonds is 3. The van der Waals surface area contributed by atoms with Crippen molar-refractivity contribution in [2.24, 2.45) is 0 Å². The van der Waals surface area contributed by atoms with Crippen molar-refractivity contribution in [2.45, 2.75) is 0 Å². The van der Waals surface area contributed by atoms with Crippen molar-refractivity contribution in [3.05, 3.63) is 41.5 Å². The van der Waals surface area contributed by atoms with Crippen LogP contribution in [0.15, 0.2) is 30.3 Å². The van der Waals surface area contributed by atoms with Crippen LogP contribution in [0.5, 0.6) is 0 Å². The SMILES string of the molecule is CN(C)C(=O)c1ccccc1/C=C/C=O. The number of hydrogen-bond acceptors (Lipinski definition) is 2. The third-order valence-electron chi connectivity index (χ3n) is 1.95. The van der Waals surface area contributed by atoms with Crippen LogP contribution >= 0.6 is 0 Å². The van der Waals surface area contributed by atoms with E-state index in [9.17, 15) is 9.59 Å². The van der Waals surface area contributed by atoms with E-state index in [0.717, 1.165) is 5.56 Å². The molecule has 1 amide bonds. The van der Waals surface area contributed by atoms with Gasteiger partial charge in [0.2, 0.25) is 0 Å². The first-order chi connectivity index (χ1) is 7.16. The molecule has 0 heterocycles. The summed E-state index contributed by atoms with van der Waals surface area (Å²) >= 11 is 0. The average Bonchev–Trinajstić information content (AvgIpc) is 2.25. The van der Waals surface area contributed by atoms with Crippen LogP contribution in [-0.2, 0) is 4.79 Å². The molecule has 1 rings (SSSR count). The summed E-state index contributed by atoms with van der Waals surface area (Å²) in [6.07, 6.45) is 3.70. The van der Waals surface area contributed by atoms with Gasteiger partial charge in [-0.25, -0.2) is 0 Å². The van der Waals surface area contributed by atoms with Crippen molar-refractivity contribution in [2.75, 3.05) is 14.1 Å². The quantitative estimate of drug-likeness (QED) is 0.552. The fourth-order valence-electron chi connectivity index (χ4n) is 1.22. The minimum Gasteiger partial charge on any atom is -0.345 e. The Balaban J connectivity index is 3.11. The first-order valence-corrected chi connectivity index (χ1v) is 4.59. The number of carbonyl (C=O) groups excluding carboxylic acids is 2. The van der Waals surface area contributed by atoms with Crippen LogP contribution < -0.4 is 0 Å². The van der Waals surface area contributed by atoms with Crippen LogP contribution in [0.2, 0.25) is 0 Å². The standard InChI is InChI=1S/C12H13NO2/c1-13(2)12(15)11-8-4-3-6-10(11)7-5-9-14/h3-9H,1-2H3/b7-5+. The van der Waals surface area contributed by atoms with Gasteiger partial charge < -0.3 is 4.90 Å². The fraction of sp³-hybridized carbons (Fsp3) is 0.167. The van der Waals surface area contributed by atoms with Crippen LogP contribution in [0.4, 0.5) is 0 Å². The zero-order chi connectivity index (χ0) is 11.3. The molecule has 0 saturated heterocycles. The second-order valence-corrected chi connectivity index (χ2v) is 3.28. The summed E-state index contributed by atoms with van der Waals surface area (Å²) in [5.74, 6) is -0.0684. The van der Waals surface area contributed by atoms with E-state index in [-0.39, 0.29) is 5.91 Å². The Kier molecular flexibility index (Phi) is 3.80. The van der Waals surface area contributed by atoms with Crippen LogP contribution in [-0.4, -0.2) is 31.2 Å². The monoisotopic (exact) mass is 203 g/mol. The van der Waals surface area contributed by atoms with Crippen LogP contribution in [0.3, 0.4) is 0 Å². The van der Waals surface area contributed by atoms with Gasteiger partial charge in [-0.15, -0.1) is 0 Å². The second kappa shape index (κ2) is 5.10. The van der Waals surface area contributed by atoms with Crippen molar-refractivity contribution in [1.29, 1.82) is 0 Å². The zero-order valence-corrected chi connectivity index (χ0v) is 8.81. The third-order valence-corrected chi connectivity index (χ3v) is 1.95. The number of benzene rings is 1. The molecule has 1 aromatic rings. The minimum absolute atomic E-state index is 0.0684. The number of aldehydes is 1. The zero-order valence-electron chi connectivity index (χ0n) is 8.81. The number of carbonyl (C=O) groups is 2. The largest absolute Gasteiger partial charge is 0.345 e. The Bertz CT molecular complexity index is 394. The van der Waals surface area contributed by atoms with Gasteiger partial charge in [0.05, 0.1) is 0 Å². The van der Waals surface area contributed by atoms with Gasteiger partial charge in [-0.3, -0.25) is 9.59 Å².